The molecule has 0 aliphatic carbocycles. The van der Waals surface area contributed by atoms with E-state index in [0.29, 0.717) is 47.8 Å². The van der Waals surface area contributed by atoms with Crippen LogP contribution in [0.15, 0.2) is 47.4 Å². The minimum absolute atomic E-state index is 0.106. The predicted molar refractivity (Wildman–Crippen MR) is 107 cm³/mol. The van der Waals surface area contributed by atoms with Gasteiger partial charge in [-0.1, -0.05) is 29.3 Å². The Morgan fingerprint density at radius 2 is 1.79 bits per heavy atom. The van der Waals surface area contributed by atoms with E-state index in [0.717, 1.165) is 0 Å². The first-order valence-electron chi connectivity index (χ1n) is 8.41. The van der Waals surface area contributed by atoms with E-state index >= 15 is 0 Å². The highest BCUT2D eigenvalue weighted by atomic mass is 35.5. The lowest BCUT2D eigenvalue weighted by atomic mass is 10.3. The van der Waals surface area contributed by atoms with Gasteiger partial charge in [0, 0.05) is 28.8 Å². The number of halogens is 2. The molecule has 0 saturated carbocycles. The number of nitrogens with zero attached hydrogens (tertiary/aromatic N) is 1. The second-order valence-corrected chi connectivity index (χ2v) is 8.80. The molecular weight excluding hydrogens is 427 g/mol. The van der Waals surface area contributed by atoms with Gasteiger partial charge in [0.2, 0.25) is 10.0 Å². The lowest BCUT2D eigenvalue weighted by molar-refractivity contribution is -0.118. The summed E-state index contributed by atoms with van der Waals surface area (Å²) in [4.78, 5) is 12.2. The van der Waals surface area contributed by atoms with Gasteiger partial charge >= 0.3 is 0 Å². The molecule has 10 heteroatoms. The molecule has 0 aromatic heterocycles. The second-order valence-electron chi connectivity index (χ2n) is 5.99. The SMILES string of the molecule is O=C(COc1cc(Cl)cc(Cl)c1)Nc1cccc(S(=O)(=O)N2CCOCC2)c1. The molecule has 1 aliphatic rings. The van der Waals surface area contributed by atoms with E-state index in [4.69, 9.17) is 32.7 Å². The Hall–Kier alpha value is -1.84. The van der Waals surface area contributed by atoms with E-state index < -0.39 is 15.9 Å². The molecule has 0 radical (unpaired) electrons. The number of ether oxygens (including phenoxy) is 2. The third-order valence-electron chi connectivity index (χ3n) is 3.93. The molecule has 1 aliphatic heterocycles. The molecule has 2 aromatic carbocycles. The van der Waals surface area contributed by atoms with Gasteiger partial charge in [-0.25, -0.2) is 8.42 Å². The summed E-state index contributed by atoms with van der Waals surface area (Å²) >= 11 is 11.8. The number of anilines is 1. The first-order valence-corrected chi connectivity index (χ1v) is 10.6. The maximum Gasteiger partial charge on any atom is 0.262 e. The Balaban J connectivity index is 1.64. The minimum atomic E-state index is -3.64. The molecule has 3 rings (SSSR count). The Morgan fingerprint density at radius 3 is 2.46 bits per heavy atom. The van der Waals surface area contributed by atoms with Gasteiger partial charge in [-0.05, 0) is 36.4 Å². The maximum absolute atomic E-state index is 12.7. The Morgan fingerprint density at radius 1 is 1.11 bits per heavy atom. The quantitative estimate of drug-likeness (QED) is 0.739. The molecule has 0 bridgehead atoms. The molecule has 1 amide bonds. The number of benzene rings is 2. The van der Waals surface area contributed by atoms with E-state index in [-0.39, 0.29) is 11.5 Å². The highest BCUT2D eigenvalue weighted by Crippen LogP contribution is 2.24. The van der Waals surface area contributed by atoms with Crippen LogP contribution in [0.2, 0.25) is 10.0 Å². The fraction of sp³-hybridized carbons (Fsp3) is 0.278. The van der Waals surface area contributed by atoms with Crippen LogP contribution in [0.3, 0.4) is 0 Å². The summed E-state index contributed by atoms with van der Waals surface area (Å²) in [7, 11) is -3.64. The van der Waals surface area contributed by atoms with Crippen molar-refractivity contribution in [3.63, 3.8) is 0 Å². The van der Waals surface area contributed by atoms with Crippen LogP contribution in [0.4, 0.5) is 5.69 Å². The number of carbonyl (C=O) groups excluding carboxylic acids is 1. The lowest BCUT2D eigenvalue weighted by Gasteiger charge is -2.26. The molecule has 1 N–H and O–H groups in total. The van der Waals surface area contributed by atoms with Crippen molar-refractivity contribution < 1.29 is 22.7 Å². The van der Waals surface area contributed by atoms with Gasteiger partial charge in [0.15, 0.2) is 6.61 Å². The molecule has 0 spiro atoms. The number of hydrogen-bond donors (Lipinski definition) is 1. The highest BCUT2D eigenvalue weighted by molar-refractivity contribution is 7.89. The molecule has 1 heterocycles. The normalized spacial score (nSPS) is 15.2. The Labute approximate surface area is 173 Å². The molecule has 28 heavy (non-hydrogen) atoms. The van der Waals surface area contributed by atoms with Gasteiger partial charge in [-0.3, -0.25) is 4.79 Å². The first kappa shape index (κ1) is 20.9. The maximum atomic E-state index is 12.7. The third kappa shape index (κ3) is 5.36. The van der Waals surface area contributed by atoms with Crippen LogP contribution in [-0.4, -0.2) is 51.5 Å². The van der Waals surface area contributed by atoms with E-state index in [1.807, 2.05) is 0 Å². The van der Waals surface area contributed by atoms with Crippen LogP contribution >= 0.6 is 23.2 Å². The molecular formula is C18H18Cl2N2O5S. The van der Waals surface area contributed by atoms with E-state index in [2.05, 4.69) is 5.32 Å². The van der Waals surface area contributed by atoms with Gasteiger partial charge in [-0.2, -0.15) is 4.31 Å². The fourth-order valence-corrected chi connectivity index (χ4v) is 4.59. The molecule has 150 valence electrons. The third-order valence-corrected chi connectivity index (χ3v) is 6.26. The Kier molecular flexibility index (Phi) is 6.79. The van der Waals surface area contributed by atoms with Crippen molar-refractivity contribution in [2.75, 3.05) is 38.2 Å². The number of amides is 1. The Bertz CT molecular complexity index is 942. The number of sulfonamides is 1. The largest absolute Gasteiger partial charge is 0.484 e. The molecule has 1 saturated heterocycles. The van der Waals surface area contributed by atoms with Crippen molar-refractivity contribution in [3.8, 4) is 5.75 Å². The molecule has 0 unspecified atom stereocenters. The number of rotatable bonds is 6. The zero-order chi connectivity index (χ0) is 20.1. The smallest absolute Gasteiger partial charge is 0.262 e. The summed E-state index contributed by atoms with van der Waals surface area (Å²) in [6, 6.07) is 10.7. The second kappa shape index (κ2) is 9.11. The van der Waals surface area contributed by atoms with Gasteiger partial charge in [0.05, 0.1) is 18.1 Å². The average Bonchev–Trinajstić information content (AvgIpc) is 2.66. The van der Waals surface area contributed by atoms with Crippen molar-refractivity contribution in [1.82, 2.24) is 4.31 Å². The summed E-state index contributed by atoms with van der Waals surface area (Å²) in [5.74, 6) is -0.0895. The zero-order valence-electron chi connectivity index (χ0n) is 14.7. The summed E-state index contributed by atoms with van der Waals surface area (Å²) in [5.41, 5.74) is 0.354. The van der Waals surface area contributed by atoms with Crippen LogP contribution in [0.25, 0.3) is 0 Å². The average molecular weight is 445 g/mol. The van der Waals surface area contributed by atoms with Gasteiger partial charge in [-0.15, -0.1) is 0 Å². The van der Waals surface area contributed by atoms with Crippen LogP contribution in [0, 0.1) is 0 Å². The minimum Gasteiger partial charge on any atom is -0.484 e. The van der Waals surface area contributed by atoms with Gasteiger partial charge < -0.3 is 14.8 Å². The molecule has 7 nitrogen and oxygen atoms in total. The molecule has 2 aromatic rings. The number of nitrogens with one attached hydrogen (secondary N) is 1. The van der Waals surface area contributed by atoms with Gasteiger partial charge in [0.1, 0.15) is 5.75 Å². The summed E-state index contributed by atoms with van der Waals surface area (Å²) < 4.78 is 37.3. The number of morpholine rings is 1. The zero-order valence-corrected chi connectivity index (χ0v) is 17.1. The lowest BCUT2D eigenvalue weighted by Crippen LogP contribution is -2.40. The standard InChI is InChI=1S/C18H18Cl2N2O5S/c19-13-8-14(20)10-16(9-13)27-12-18(23)21-15-2-1-3-17(11-15)28(24,25)22-4-6-26-7-5-22/h1-3,8-11H,4-7,12H2,(H,21,23). The highest BCUT2D eigenvalue weighted by Gasteiger charge is 2.26. The van der Waals surface area contributed by atoms with Crippen molar-refractivity contribution in [2.24, 2.45) is 0 Å². The van der Waals surface area contributed by atoms with Crippen LogP contribution in [0.5, 0.6) is 5.75 Å². The summed E-state index contributed by atoms with van der Waals surface area (Å²) in [6.45, 7) is 1.04. The number of hydrogen-bond acceptors (Lipinski definition) is 5. The van der Waals surface area contributed by atoms with Crippen molar-refractivity contribution in [1.29, 1.82) is 0 Å². The van der Waals surface area contributed by atoms with Crippen LogP contribution < -0.4 is 10.1 Å². The number of carbonyl (C=O) groups is 1. The summed E-state index contributed by atoms with van der Waals surface area (Å²) in [5, 5.41) is 3.40. The van der Waals surface area contributed by atoms with Crippen LogP contribution in [-0.2, 0) is 19.6 Å². The van der Waals surface area contributed by atoms with Crippen molar-refractivity contribution >= 4 is 44.8 Å². The topological polar surface area (TPSA) is 84.9 Å². The monoisotopic (exact) mass is 444 g/mol. The fourth-order valence-electron chi connectivity index (χ4n) is 2.63. The molecule has 1 fully saturated rings. The van der Waals surface area contributed by atoms with Crippen molar-refractivity contribution in [3.05, 3.63) is 52.5 Å². The van der Waals surface area contributed by atoms with E-state index in [9.17, 15) is 13.2 Å². The van der Waals surface area contributed by atoms with E-state index in [1.54, 1.807) is 18.2 Å². The van der Waals surface area contributed by atoms with E-state index in [1.165, 1.54) is 28.6 Å². The summed E-state index contributed by atoms with van der Waals surface area (Å²) in [6.07, 6.45) is 0. The first-order chi connectivity index (χ1) is 13.3. The predicted octanol–water partition coefficient (Wildman–Crippen LogP) is 3.03. The van der Waals surface area contributed by atoms with Crippen molar-refractivity contribution in [2.45, 2.75) is 4.90 Å². The molecule has 0 atom stereocenters. The van der Waals surface area contributed by atoms with Crippen LogP contribution in [0.1, 0.15) is 0 Å². The van der Waals surface area contributed by atoms with Gasteiger partial charge in [0.25, 0.3) is 5.91 Å².